The first-order valence-electron chi connectivity index (χ1n) is 12.3. The van der Waals surface area contributed by atoms with Gasteiger partial charge >= 0.3 is 0 Å². The van der Waals surface area contributed by atoms with Crippen molar-refractivity contribution in [1.82, 2.24) is 5.32 Å². The predicted molar refractivity (Wildman–Crippen MR) is 140 cm³/mol. The molecule has 5 heteroatoms. The standard InChI is InChI=1S/C30H30N2O3/c1-20-5-7-21(8-6-20)23-11-14-28-25(18-23)19-24(15-17-35-28)30(34)32-26-12-9-22(10-13-26)29(33)27-4-2-3-16-31-27/h5-14,18-19,27,31H,2-4,15-17H2,1H3,(H,32,34). The number of nitrogens with one attached hydrogen (secondary N) is 2. The summed E-state index contributed by atoms with van der Waals surface area (Å²) in [7, 11) is 0. The molecule has 1 saturated heterocycles. The largest absolute Gasteiger partial charge is 0.493 e. The number of hydrogen-bond donors (Lipinski definition) is 2. The van der Waals surface area contributed by atoms with Crippen LogP contribution in [0.3, 0.4) is 0 Å². The molecule has 0 spiro atoms. The molecule has 1 amide bonds. The Balaban J connectivity index is 1.31. The quantitative estimate of drug-likeness (QED) is 0.467. The lowest BCUT2D eigenvalue weighted by Crippen LogP contribution is -2.40. The normalized spacial score (nSPS) is 17.4. The molecule has 1 fully saturated rings. The lowest BCUT2D eigenvalue weighted by Gasteiger charge is -2.22. The van der Waals surface area contributed by atoms with E-state index in [1.807, 2.05) is 18.2 Å². The van der Waals surface area contributed by atoms with Crippen molar-refractivity contribution < 1.29 is 14.3 Å². The molecule has 0 aliphatic carbocycles. The summed E-state index contributed by atoms with van der Waals surface area (Å²) < 4.78 is 5.91. The van der Waals surface area contributed by atoms with E-state index in [1.54, 1.807) is 24.3 Å². The maximum Gasteiger partial charge on any atom is 0.251 e. The molecule has 2 N–H and O–H groups in total. The van der Waals surface area contributed by atoms with Crippen molar-refractivity contribution in [1.29, 1.82) is 0 Å². The molecule has 35 heavy (non-hydrogen) atoms. The molecule has 2 aliphatic rings. The van der Waals surface area contributed by atoms with Crippen LogP contribution >= 0.6 is 0 Å². The third kappa shape index (κ3) is 5.36. The Morgan fingerprint density at radius 1 is 0.943 bits per heavy atom. The first kappa shape index (κ1) is 23.1. The minimum atomic E-state index is -0.157. The zero-order valence-electron chi connectivity index (χ0n) is 20.0. The summed E-state index contributed by atoms with van der Waals surface area (Å²) in [6.45, 7) is 3.40. The molecule has 178 valence electrons. The fraction of sp³-hybridized carbons (Fsp3) is 0.267. The Hall–Kier alpha value is -3.70. The molecular weight excluding hydrogens is 436 g/mol. The van der Waals surface area contributed by atoms with Crippen LogP contribution in [-0.4, -0.2) is 30.9 Å². The number of anilines is 1. The molecule has 2 heterocycles. The van der Waals surface area contributed by atoms with Crippen LogP contribution in [0.4, 0.5) is 5.69 Å². The number of ketones is 1. The summed E-state index contributed by atoms with van der Waals surface area (Å²) in [5, 5.41) is 6.28. The van der Waals surface area contributed by atoms with Crippen molar-refractivity contribution in [2.45, 2.75) is 38.6 Å². The van der Waals surface area contributed by atoms with E-state index in [9.17, 15) is 9.59 Å². The number of fused-ring (bicyclic) bond motifs is 1. The topological polar surface area (TPSA) is 67.4 Å². The summed E-state index contributed by atoms with van der Waals surface area (Å²) in [4.78, 5) is 25.8. The van der Waals surface area contributed by atoms with E-state index in [2.05, 4.69) is 47.9 Å². The average Bonchev–Trinajstić information content (AvgIpc) is 3.12. The molecule has 5 rings (SSSR count). The molecule has 3 aromatic carbocycles. The van der Waals surface area contributed by atoms with Crippen molar-refractivity contribution in [2.75, 3.05) is 18.5 Å². The Morgan fingerprint density at radius 3 is 2.46 bits per heavy atom. The number of Topliss-reactive ketones (excluding diaryl/α,β-unsaturated/α-hetero) is 1. The van der Waals surface area contributed by atoms with Gasteiger partial charge in [-0.1, -0.05) is 42.3 Å². The van der Waals surface area contributed by atoms with E-state index in [4.69, 9.17) is 4.74 Å². The number of carbonyl (C=O) groups excluding carboxylic acids is 2. The molecule has 1 unspecified atom stereocenters. The Kier molecular flexibility index (Phi) is 6.77. The number of ether oxygens (including phenoxy) is 1. The van der Waals surface area contributed by atoms with Gasteiger partial charge in [0.05, 0.1) is 12.6 Å². The lowest BCUT2D eigenvalue weighted by molar-refractivity contribution is -0.113. The van der Waals surface area contributed by atoms with Gasteiger partial charge in [-0.15, -0.1) is 0 Å². The Morgan fingerprint density at radius 2 is 1.71 bits per heavy atom. The first-order chi connectivity index (χ1) is 17.1. The molecule has 5 nitrogen and oxygen atoms in total. The zero-order valence-corrected chi connectivity index (χ0v) is 20.0. The van der Waals surface area contributed by atoms with Crippen LogP contribution in [0.1, 0.15) is 47.2 Å². The predicted octanol–water partition coefficient (Wildman–Crippen LogP) is 5.79. The molecule has 1 atom stereocenters. The second-order valence-corrected chi connectivity index (χ2v) is 9.28. The second kappa shape index (κ2) is 10.3. The molecule has 0 aromatic heterocycles. The van der Waals surface area contributed by atoms with Crippen LogP contribution in [-0.2, 0) is 4.79 Å². The highest BCUT2D eigenvalue weighted by atomic mass is 16.5. The van der Waals surface area contributed by atoms with E-state index >= 15 is 0 Å². The number of rotatable bonds is 5. The summed E-state index contributed by atoms with van der Waals surface area (Å²) in [5.41, 5.74) is 6.32. The fourth-order valence-electron chi connectivity index (χ4n) is 4.63. The van der Waals surface area contributed by atoms with Gasteiger partial charge in [-0.05, 0) is 79.9 Å². The average molecular weight is 467 g/mol. The van der Waals surface area contributed by atoms with E-state index < -0.39 is 0 Å². The van der Waals surface area contributed by atoms with Crippen LogP contribution in [0.5, 0.6) is 5.75 Å². The summed E-state index contributed by atoms with van der Waals surface area (Å²) >= 11 is 0. The van der Waals surface area contributed by atoms with Crippen molar-refractivity contribution in [3.63, 3.8) is 0 Å². The van der Waals surface area contributed by atoms with Gasteiger partial charge in [-0.2, -0.15) is 0 Å². The Labute approximate surface area is 206 Å². The molecule has 3 aromatic rings. The van der Waals surface area contributed by atoms with Gasteiger partial charge in [0.15, 0.2) is 5.78 Å². The van der Waals surface area contributed by atoms with Crippen molar-refractivity contribution in [3.8, 4) is 16.9 Å². The van der Waals surface area contributed by atoms with E-state index in [0.29, 0.717) is 29.9 Å². The Bertz CT molecular complexity index is 1250. The lowest BCUT2D eigenvalue weighted by atomic mass is 9.96. The second-order valence-electron chi connectivity index (χ2n) is 9.28. The summed E-state index contributed by atoms with van der Waals surface area (Å²) in [6, 6.07) is 21.6. The van der Waals surface area contributed by atoms with Gasteiger partial charge in [0.2, 0.25) is 0 Å². The highest BCUT2D eigenvalue weighted by Crippen LogP contribution is 2.31. The molecule has 0 bridgehead atoms. The van der Waals surface area contributed by atoms with Gasteiger partial charge in [0.1, 0.15) is 5.75 Å². The van der Waals surface area contributed by atoms with Crippen LogP contribution in [0, 0.1) is 6.92 Å². The smallest absolute Gasteiger partial charge is 0.251 e. The molecular formula is C30H30N2O3. The van der Waals surface area contributed by atoms with Crippen molar-refractivity contribution in [3.05, 3.63) is 89.0 Å². The maximum absolute atomic E-state index is 13.1. The summed E-state index contributed by atoms with van der Waals surface area (Å²) in [6.07, 6.45) is 5.51. The molecule has 2 aliphatic heterocycles. The number of aryl methyl sites for hydroxylation is 1. The van der Waals surface area contributed by atoms with E-state index in [-0.39, 0.29) is 17.7 Å². The highest BCUT2D eigenvalue weighted by Gasteiger charge is 2.22. The minimum absolute atomic E-state index is 0.106. The summed E-state index contributed by atoms with van der Waals surface area (Å²) in [5.74, 6) is 0.741. The molecule has 0 radical (unpaired) electrons. The number of benzene rings is 3. The van der Waals surface area contributed by atoms with Gasteiger partial charge in [-0.3, -0.25) is 9.59 Å². The molecule has 0 saturated carbocycles. The van der Waals surface area contributed by atoms with Gasteiger partial charge in [-0.25, -0.2) is 0 Å². The zero-order chi connectivity index (χ0) is 24.2. The first-order valence-corrected chi connectivity index (χ1v) is 12.3. The monoisotopic (exact) mass is 466 g/mol. The third-order valence-corrected chi connectivity index (χ3v) is 6.70. The number of piperidine rings is 1. The van der Waals surface area contributed by atoms with Gasteiger partial charge in [0, 0.05) is 28.8 Å². The number of amides is 1. The highest BCUT2D eigenvalue weighted by molar-refractivity contribution is 6.07. The maximum atomic E-state index is 13.1. The van der Waals surface area contributed by atoms with Crippen LogP contribution in [0.25, 0.3) is 17.2 Å². The SMILES string of the molecule is Cc1ccc(-c2ccc3c(c2)C=C(C(=O)Nc2ccc(C(=O)C4CCCCN4)cc2)CCO3)cc1. The van der Waals surface area contributed by atoms with Gasteiger partial charge < -0.3 is 15.4 Å². The number of hydrogen-bond acceptors (Lipinski definition) is 4. The van der Waals surface area contributed by atoms with E-state index in [1.165, 1.54) is 5.56 Å². The number of carbonyl (C=O) groups is 2. The van der Waals surface area contributed by atoms with E-state index in [0.717, 1.165) is 48.2 Å². The van der Waals surface area contributed by atoms with Crippen LogP contribution in [0.15, 0.2) is 72.3 Å². The van der Waals surface area contributed by atoms with Crippen LogP contribution < -0.4 is 15.4 Å². The third-order valence-electron chi connectivity index (χ3n) is 6.70. The van der Waals surface area contributed by atoms with Crippen LogP contribution in [0.2, 0.25) is 0 Å². The van der Waals surface area contributed by atoms with Crippen molar-refractivity contribution >= 4 is 23.5 Å². The minimum Gasteiger partial charge on any atom is -0.493 e. The fourth-order valence-corrected chi connectivity index (χ4v) is 4.63. The van der Waals surface area contributed by atoms with Gasteiger partial charge in [0.25, 0.3) is 5.91 Å². The van der Waals surface area contributed by atoms with Crippen molar-refractivity contribution in [2.24, 2.45) is 0 Å².